The van der Waals surface area contributed by atoms with Gasteiger partial charge in [0.2, 0.25) is 5.91 Å². The first-order valence-corrected chi connectivity index (χ1v) is 13.0. The van der Waals surface area contributed by atoms with E-state index in [1.807, 2.05) is 0 Å². The van der Waals surface area contributed by atoms with E-state index in [9.17, 15) is 22.8 Å². The van der Waals surface area contributed by atoms with Crippen LogP contribution >= 0.6 is 0 Å². The van der Waals surface area contributed by atoms with Crippen molar-refractivity contribution in [2.75, 3.05) is 55.8 Å². The zero-order chi connectivity index (χ0) is 29.2. The third-order valence-corrected chi connectivity index (χ3v) is 6.40. The Bertz CT molecular complexity index is 1340. The summed E-state index contributed by atoms with van der Waals surface area (Å²) in [7, 11) is 0. The van der Waals surface area contributed by atoms with Crippen LogP contribution in [0.3, 0.4) is 0 Å². The van der Waals surface area contributed by atoms with Gasteiger partial charge in [-0.1, -0.05) is 36.4 Å². The number of anilines is 3. The van der Waals surface area contributed by atoms with E-state index >= 15 is 0 Å². The molecule has 1 saturated heterocycles. The maximum atomic E-state index is 13.2. The Hall–Kier alpha value is -4.19. The molecule has 1 heterocycles. The van der Waals surface area contributed by atoms with E-state index in [-0.39, 0.29) is 18.2 Å². The predicted molar refractivity (Wildman–Crippen MR) is 151 cm³/mol. The Morgan fingerprint density at radius 3 is 2.32 bits per heavy atom. The van der Waals surface area contributed by atoms with Gasteiger partial charge >= 0.3 is 6.18 Å². The standard InChI is InChI=1S/C30H31F3N4O4/c31-30(32,33)23-10-12-24(13-11-23)35-29(39)28(41-20-17-37-15-18-40-19-16-37)22-8-5-21(6-9-22)7-14-27(38)36-26-4-2-1-3-25(26)34/h1-14,28H,15-20,34H2,(H,35,39)(H,36,38). The van der Waals surface area contributed by atoms with Crippen molar-refractivity contribution in [3.05, 3.63) is 95.6 Å². The molecule has 0 radical (unpaired) electrons. The summed E-state index contributed by atoms with van der Waals surface area (Å²) in [6.45, 7) is 3.63. The average Bonchev–Trinajstić information content (AvgIpc) is 2.96. The number of nitrogens with two attached hydrogens (primary N) is 1. The minimum absolute atomic E-state index is 0.217. The van der Waals surface area contributed by atoms with Crippen LogP contribution in [0.1, 0.15) is 22.8 Å². The van der Waals surface area contributed by atoms with Crippen LogP contribution in [0, 0.1) is 0 Å². The molecule has 3 aromatic rings. The van der Waals surface area contributed by atoms with Gasteiger partial charge in [-0.2, -0.15) is 13.2 Å². The van der Waals surface area contributed by atoms with E-state index < -0.39 is 23.8 Å². The number of alkyl halides is 3. The molecule has 0 aliphatic carbocycles. The molecule has 216 valence electrons. The number of hydrogen-bond acceptors (Lipinski definition) is 6. The molecular formula is C30H31F3N4O4. The van der Waals surface area contributed by atoms with Gasteiger partial charge in [-0.15, -0.1) is 0 Å². The highest BCUT2D eigenvalue weighted by Crippen LogP contribution is 2.30. The van der Waals surface area contributed by atoms with Crippen molar-refractivity contribution in [3.63, 3.8) is 0 Å². The van der Waals surface area contributed by atoms with E-state index in [2.05, 4.69) is 15.5 Å². The van der Waals surface area contributed by atoms with E-state index in [0.717, 1.165) is 25.2 Å². The average molecular weight is 569 g/mol. The van der Waals surface area contributed by atoms with E-state index in [1.165, 1.54) is 18.2 Å². The van der Waals surface area contributed by atoms with Gasteiger partial charge in [0.15, 0.2) is 6.10 Å². The Labute approximate surface area is 235 Å². The lowest BCUT2D eigenvalue weighted by Crippen LogP contribution is -2.38. The smallest absolute Gasteiger partial charge is 0.397 e. The number of halogens is 3. The molecular weight excluding hydrogens is 537 g/mol. The van der Waals surface area contributed by atoms with Crippen LogP contribution in [0.4, 0.5) is 30.2 Å². The molecule has 41 heavy (non-hydrogen) atoms. The van der Waals surface area contributed by atoms with Crippen LogP contribution in [0.25, 0.3) is 6.08 Å². The summed E-state index contributed by atoms with van der Waals surface area (Å²) in [5.74, 6) is -0.873. The Morgan fingerprint density at radius 1 is 0.976 bits per heavy atom. The first-order chi connectivity index (χ1) is 19.7. The lowest BCUT2D eigenvalue weighted by molar-refractivity contribution is -0.137. The van der Waals surface area contributed by atoms with Crippen molar-refractivity contribution in [2.45, 2.75) is 12.3 Å². The topological polar surface area (TPSA) is 106 Å². The van der Waals surface area contributed by atoms with Crippen LogP contribution in [-0.4, -0.2) is 56.2 Å². The van der Waals surface area contributed by atoms with Gasteiger partial charge in [-0.25, -0.2) is 0 Å². The van der Waals surface area contributed by atoms with Gasteiger partial charge < -0.3 is 25.8 Å². The predicted octanol–water partition coefficient (Wildman–Crippen LogP) is 4.97. The molecule has 8 nitrogen and oxygen atoms in total. The minimum Gasteiger partial charge on any atom is -0.397 e. The number of para-hydroxylation sites is 2. The molecule has 2 amide bonds. The number of morpholine rings is 1. The molecule has 1 unspecified atom stereocenters. The summed E-state index contributed by atoms with van der Waals surface area (Å²) < 4.78 is 50.1. The maximum Gasteiger partial charge on any atom is 0.416 e. The van der Waals surface area contributed by atoms with E-state index in [0.29, 0.717) is 42.3 Å². The molecule has 1 fully saturated rings. The summed E-state index contributed by atoms with van der Waals surface area (Å²) in [6, 6.07) is 18.0. The molecule has 4 rings (SSSR count). The van der Waals surface area contributed by atoms with Crippen molar-refractivity contribution >= 4 is 35.0 Å². The lowest BCUT2D eigenvalue weighted by atomic mass is 10.1. The zero-order valence-electron chi connectivity index (χ0n) is 22.2. The van der Waals surface area contributed by atoms with E-state index in [1.54, 1.807) is 54.6 Å². The number of hydrogen-bond donors (Lipinski definition) is 3. The molecule has 0 spiro atoms. The molecule has 11 heteroatoms. The quantitative estimate of drug-likeness (QED) is 0.236. The maximum absolute atomic E-state index is 13.2. The van der Waals surface area contributed by atoms with Crippen LogP contribution in [0.15, 0.2) is 78.9 Å². The second-order valence-corrected chi connectivity index (χ2v) is 9.35. The van der Waals surface area contributed by atoms with Gasteiger partial charge in [-0.3, -0.25) is 14.5 Å². The Morgan fingerprint density at radius 2 is 1.66 bits per heavy atom. The number of ether oxygens (including phenoxy) is 2. The van der Waals surface area contributed by atoms with Crippen LogP contribution in [0.2, 0.25) is 0 Å². The molecule has 1 aliphatic rings. The third kappa shape index (κ3) is 8.90. The van der Waals surface area contributed by atoms with Gasteiger partial charge in [0.05, 0.1) is 36.8 Å². The van der Waals surface area contributed by atoms with Crippen molar-refractivity contribution < 1.29 is 32.2 Å². The van der Waals surface area contributed by atoms with Crippen molar-refractivity contribution in [2.24, 2.45) is 0 Å². The highest BCUT2D eigenvalue weighted by molar-refractivity contribution is 6.03. The zero-order valence-corrected chi connectivity index (χ0v) is 22.2. The number of carbonyl (C=O) groups excluding carboxylic acids is 2. The molecule has 0 saturated carbocycles. The molecule has 1 atom stereocenters. The molecule has 1 aliphatic heterocycles. The second-order valence-electron chi connectivity index (χ2n) is 9.35. The lowest BCUT2D eigenvalue weighted by Gasteiger charge is -2.27. The Balaban J connectivity index is 1.43. The summed E-state index contributed by atoms with van der Waals surface area (Å²) in [5, 5.41) is 5.36. The fraction of sp³-hybridized carbons (Fsp3) is 0.267. The SMILES string of the molecule is Nc1ccccc1NC(=O)C=Cc1ccc(C(OCCN2CCOCC2)C(=O)Nc2ccc(C(F)(F)F)cc2)cc1. The summed E-state index contributed by atoms with van der Waals surface area (Å²) in [6.07, 6.45) is -2.50. The second kappa shape index (κ2) is 13.9. The van der Waals surface area contributed by atoms with Crippen molar-refractivity contribution in [1.29, 1.82) is 0 Å². The number of benzene rings is 3. The first kappa shape index (κ1) is 29.8. The molecule has 0 aromatic heterocycles. The minimum atomic E-state index is -4.47. The number of nitrogens with one attached hydrogen (secondary N) is 2. The Kier molecular flexibility index (Phi) is 10.1. The number of nitrogens with zero attached hydrogens (tertiary/aromatic N) is 1. The first-order valence-electron chi connectivity index (χ1n) is 13.0. The van der Waals surface area contributed by atoms with Crippen molar-refractivity contribution in [3.8, 4) is 0 Å². The molecule has 4 N–H and O–H groups in total. The fourth-order valence-corrected chi connectivity index (χ4v) is 4.14. The van der Waals surface area contributed by atoms with Crippen LogP contribution in [0.5, 0.6) is 0 Å². The normalized spacial score (nSPS) is 15.0. The number of nitrogen functional groups attached to an aromatic ring is 1. The fourth-order valence-electron chi connectivity index (χ4n) is 4.14. The van der Waals surface area contributed by atoms with Crippen LogP contribution < -0.4 is 16.4 Å². The summed E-state index contributed by atoms with van der Waals surface area (Å²) >= 11 is 0. The highest BCUT2D eigenvalue weighted by Gasteiger charge is 2.30. The largest absolute Gasteiger partial charge is 0.416 e. The molecule has 3 aromatic carbocycles. The number of carbonyl (C=O) groups is 2. The van der Waals surface area contributed by atoms with Gasteiger partial charge in [0, 0.05) is 31.4 Å². The van der Waals surface area contributed by atoms with Crippen molar-refractivity contribution in [1.82, 2.24) is 4.90 Å². The van der Waals surface area contributed by atoms with E-state index in [4.69, 9.17) is 15.2 Å². The summed E-state index contributed by atoms with van der Waals surface area (Å²) in [4.78, 5) is 27.7. The summed E-state index contributed by atoms with van der Waals surface area (Å²) in [5.41, 5.74) is 7.49. The van der Waals surface area contributed by atoms with Gasteiger partial charge in [0.1, 0.15) is 0 Å². The van der Waals surface area contributed by atoms with Gasteiger partial charge in [0.25, 0.3) is 5.91 Å². The molecule has 0 bridgehead atoms. The highest BCUT2D eigenvalue weighted by atomic mass is 19.4. The van der Waals surface area contributed by atoms with Crippen LogP contribution in [-0.2, 0) is 25.2 Å². The number of rotatable bonds is 10. The monoisotopic (exact) mass is 568 g/mol. The number of amides is 2. The third-order valence-electron chi connectivity index (χ3n) is 6.40. The van der Waals surface area contributed by atoms with Gasteiger partial charge in [-0.05, 0) is 53.6 Å².